The van der Waals surface area contributed by atoms with E-state index >= 15 is 0 Å². The minimum atomic E-state index is 0.776. The van der Waals surface area contributed by atoms with Crippen LogP contribution in [0.15, 0.2) is 36.0 Å². The molecule has 1 heteroatoms. The molecule has 2 rings (SSSR count). The van der Waals surface area contributed by atoms with Gasteiger partial charge < -0.3 is 4.90 Å². The van der Waals surface area contributed by atoms with E-state index in [2.05, 4.69) is 42.3 Å². The average molecular weight is 247 g/mol. The number of rotatable bonds is 1. The quantitative estimate of drug-likeness (QED) is 0.655. The second-order valence-electron chi connectivity index (χ2n) is 5.07. The largest absolute Gasteiger partial charge is 0.306 e. The van der Waals surface area contributed by atoms with Crippen molar-refractivity contribution in [2.45, 2.75) is 46.0 Å². The van der Waals surface area contributed by atoms with E-state index in [9.17, 15) is 0 Å². The molecule has 0 N–H and O–H groups in total. The highest BCUT2D eigenvalue weighted by Gasteiger charge is 2.17. The maximum absolute atomic E-state index is 2.50. The predicted molar refractivity (Wildman–Crippen MR) is 81.8 cm³/mol. The fourth-order valence-corrected chi connectivity index (χ4v) is 2.71. The standard InChI is InChI=1S/C15H23N.C2H6/c1-16-12-8-4-7-11-15(13-16)14-9-5-2-3-6-10-14;1-2/h2-3,5-6,9,15H,4,7-8,10-13H2,1H3;1-2H3. The fraction of sp³-hybridized carbons (Fsp3) is 0.647. The Morgan fingerprint density at radius 1 is 1.06 bits per heavy atom. The first kappa shape index (κ1) is 15.2. The van der Waals surface area contributed by atoms with Gasteiger partial charge in [0.2, 0.25) is 0 Å². The maximum atomic E-state index is 2.50. The zero-order valence-electron chi connectivity index (χ0n) is 12.4. The van der Waals surface area contributed by atoms with Gasteiger partial charge in [-0.1, -0.05) is 62.6 Å². The number of hydrogen-bond acceptors (Lipinski definition) is 1. The van der Waals surface area contributed by atoms with Gasteiger partial charge in [-0.05, 0) is 38.8 Å². The molecule has 1 aliphatic heterocycles. The van der Waals surface area contributed by atoms with Gasteiger partial charge in [0.15, 0.2) is 0 Å². The zero-order valence-corrected chi connectivity index (χ0v) is 12.4. The second-order valence-corrected chi connectivity index (χ2v) is 5.07. The molecule has 1 aliphatic carbocycles. The Morgan fingerprint density at radius 3 is 2.72 bits per heavy atom. The van der Waals surface area contributed by atoms with Crippen LogP contribution in [0.2, 0.25) is 0 Å². The lowest BCUT2D eigenvalue weighted by Crippen LogP contribution is -2.29. The lowest BCUT2D eigenvalue weighted by atomic mass is 9.89. The Labute approximate surface area is 113 Å². The van der Waals surface area contributed by atoms with Gasteiger partial charge in [-0.25, -0.2) is 0 Å². The van der Waals surface area contributed by atoms with Gasteiger partial charge in [0.05, 0.1) is 0 Å². The van der Waals surface area contributed by atoms with Gasteiger partial charge in [-0.2, -0.15) is 0 Å². The normalized spacial score (nSPS) is 25.3. The summed E-state index contributed by atoms with van der Waals surface area (Å²) in [7, 11) is 2.27. The molecule has 1 atom stereocenters. The van der Waals surface area contributed by atoms with Crippen LogP contribution < -0.4 is 0 Å². The Balaban J connectivity index is 0.000000771. The molecule has 0 radical (unpaired) electrons. The van der Waals surface area contributed by atoms with Crippen LogP contribution in [-0.2, 0) is 0 Å². The molecular formula is C17H29N. The van der Waals surface area contributed by atoms with E-state index < -0.39 is 0 Å². The summed E-state index contributed by atoms with van der Waals surface area (Å²) in [5.74, 6) is 0.776. The molecule has 0 amide bonds. The summed E-state index contributed by atoms with van der Waals surface area (Å²) in [5.41, 5.74) is 1.62. The van der Waals surface area contributed by atoms with E-state index in [0.717, 1.165) is 12.3 Å². The van der Waals surface area contributed by atoms with Crippen LogP contribution in [0.3, 0.4) is 0 Å². The van der Waals surface area contributed by atoms with Crippen LogP contribution in [0, 0.1) is 5.92 Å². The summed E-state index contributed by atoms with van der Waals surface area (Å²) in [4.78, 5) is 2.50. The minimum Gasteiger partial charge on any atom is -0.306 e. The molecule has 1 saturated heterocycles. The van der Waals surface area contributed by atoms with E-state index in [1.54, 1.807) is 5.57 Å². The van der Waals surface area contributed by atoms with Crippen molar-refractivity contribution in [3.05, 3.63) is 36.0 Å². The van der Waals surface area contributed by atoms with E-state index in [1.165, 1.54) is 38.8 Å². The van der Waals surface area contributed by atoms with E-state index in [0.29, 0.717) is 0 Å². The minimum absolute atomic E-state index is 0.776. The molecule has 0 aromatic heterocycles. The first-order valence-electron chi connectivity index (χ1n) is 7.57. The lowest BCUT2D eigenvalue weighted by Gasteiger charge is -2.28. The summed E-state index contributed by atoms with van der Waals surface area (Å²) >= 11 is 0. The molecule has 0 spiro atoms. The van der Waals surface area contributed by atoms with Gasteiger partial charge >= 0.3 is 0 Å². The second kappa shape index (κ2) is 9.16. The molecule has 0 saturated carbocycles. The molecule has 0 aromatic carbocycles. The van der Waals surface area contributed by atoms with Crippen molar-refractivity contribution in [2.75, 3.05) is 20.1 Å². The third-order valence-electron chi connectivity index (χ3n) is 3.67. The summed E-state index contributed by atoms with van der Waals surface area (Å²) in [6.45, 7) is 6.52. The predicted octanol–water partition coefficient (Wildman–Crippen LogP) is 4.58. The van der Waals surface area contributed by atoms with Crippen LogP contribution in [-0.4, -0.2) is 25.0 Å². The van der Waals surface area contributed by atoms with Crippen LogP contribution in [0.1, 0.15) is 46.0 Å². The highest BCUT2D eigenvalue weighted by Crippen LogP contribution is 2.26. The van der Waals surface area contributed by atoms with Crippen molar-refractivity contribution >= 4 is 0 Å². The Bertz CT molecular complexity index is 299. The summed E-state index contributed by atoms with van der Waals surface area (Å²) in [5, 5.41) is 0. The highest BCUT2D eigenvalue weighted by molar-refractivity contribution is 5.25. The van der Waals surface area contributed by atoms with Crippen LogP contribution in [0.25, 0.3) is 0 Å². The van der Waals surface area contributed by atoms with E-state index in [1.807, 2.05) is 13.8 Å². The first-order chi connectivity index (χ1) is 8.86. The molecule has 102 valence electrons. The average Bonchev–Trinajstić information content (AvgIpc) is 2.65. The molecule has 1 heterocycles. The summed E-state index contributed by atoms with van der Waals surface area (Å²) < 4.78 is 0. The van der Waals surface area contributed by atoms with Gasteiger partial charge in [0.25, 0.3) is 0 Å². The molecular weight excluding hydrogens is 218 g/mol. The van der Waals surface area contributed by atoms with Gasteiger partial charge in [-0.15, -0.1) is 0 Å². The molecule has 18 heavy (non-hydrogen) atoms. The summed E-state index contributed by atoms with van der Waals surface area (Å²) in [6, 6.07) is 0. The van der Waals surface area contributed by atoms with Crippen molar-refractivity contribution in [1.82, 2.24) is 4.90 Å². The van der Waals surface area contributed by atoms with Crippen LogP contribution >= 0.6 is 0 Å². The van der Waals surface area contributed by atoms with Gasteiger partial charge in [0, 0.05) is 6.54 Å². The van der Waals surface area contributed by atoms with Gasteiger partial charge in [0.1, 0.15) is 0 Å². The Morgan fingerprint density at radius 2 is 1.89 bits per heavy atom. The van der Waals surface area contributed by atoms with Crippen LogP contribution in [0.4, 0.5) is 0 Å². The Kier molecular flexibility index (Phi) is 7.75. The fourth-order valence-electron chi connectivity index (χ4n) is 2.71. The van der Waals surface area contributed by atoms with Crippen molar-refractivity contribution in [3.63, 3.8) is 0 Å². The zero-order chi connectivity index (χ0) is 13.2. The molecule has 0 bridgehead atoms. The van der Waals surface area contributed by atoms with E-state index in [-0.39, 0.29) is 0 Å². The molecule has 1 unspecified atom stereocenters. The number of allylic oxidation sites excluding steroid dienone is 5. The van der Waals surface area contributed by atoms with Gasteiger partial charge in [-0.3, -0.25) is 0 Å². The third kappa shape index (κ3) is 5.22. The topological polar surface area (TPSA) is 3.24 Å². The van der Waals surface area contributed by atoms with E-state index in [4.69, 9.17) is 0 Å². The monoisotopic (exact) mass is 247 g/mol. The molecule has 2 aliphatic rings. The maximum Gasteiger partial charge on any atom is 0.00442 e. The first-order valence-corrected chi connectivity index (χ1v) is 7.57. The van der Waals surface area contributed by atoms with Crippen molar-refractivity contribution in [3.8, 4) is 0 Å². The number of hydrogen-bond donors (Lipinski definition) is 0. The van der Waals surface area contributed by atoms with Crippen molar-refractivity contribution < 1.29 is 0 Å². The Hall–Kier alpha value is -0.820. The summed E-state index contributed by atoms with van der Waals surface area (Å²) in [6.07, 6.45) is 17.8. The van der Waals surface area contributed by atoms with Crippen LogP contribution in [0.5, 0.6) is 0 Å². The molecule has 1 fully saturated rings. The van der Waals surface area contributed by atoms with Crippen molar-refractivity contribution in [2.24, 2.45) is 5.92 Å². The molecule has 1 nitrogen and oxygen atoms in total. The third-order valence-corrected chi connectivity index (χ3v) is 3.67. The highest BCUT2D eigenvalue weighted by atomic mass is 15.1. The lowest BCUT2D eigenvalue weighted by molar-refractivity contribution is 0.256. The molecule has 0 aromatic rings. The SMILES string of the molecule is CC.CN1CCCCCC(C2=CC=CC=CC2)C1. The number of nitrogens with zero attached hydrogens (tertiary/aromatic N) is 1. The number of likely N-dealkylation sites (tertiary alicyclic amines) is 1. The smallest absolute Gasteiger partial charge is 0.00442 e. The van der Waals surface area contributed by atoms with Crippen molar-refractivity contribution in [1.29, 1.82) is 0 Å².